The number of aromatic amines is 1. The summed E-state index contributed by atoms with van der Waals surface area (Å²) in [5, 5.41) is 16.0. The van der Waals surface area contributed by atoms with Crippen LogP contribution in [0.5, 0.6) is 0 Å². The van der Waals surface area contributed by atoms with Crippen molar-refractivity contribution in [1.82, 2.24) is 30.3 Å². The third-order valence-corrected chi connectivity index (χ3v) is 4.37. The zero-order chi connectivity index (χ0) is 17.4. The molecule has 0 aliphatic heterocycles. The van der Waals surface area contributed by atoms with Gasteiger partial charge in [-0.1, -0.05) is 18.2 Å². The number of nitrogens with one attached hydrogen (secondary N) is 2. The molecule has 2 N–H and O–H groups in total. The van der Waals surface area contributed by atoms with Crippen LogP contribution >= 0.6 is 0 Å². The summed E-state index contributed by atoms with van der Waals surface area (Å²) >= 11 is 0. The minimum absolute atomic E-state index is 0.862. The lowest BCUT2D eigenvalue weighted by molar-refractivity contribution is 0.768. The predicted octanol–water partition coefficient (Wildman–Crippen LogP) is 3.05. The van der Waals surface area contributed by atoms with E-state index in [0.29, 0.717) is 0 Å². The monoisotopic (exact) mass is 332 g/mol. The summed E-state index contributed by atoms with van der Waals surface area (Å²) in [6.45, 7) is 2.98. The van der Waals surface area contributed by atoms with Crippen molar-refractivity contribution in [2.45, 2.75) is 13.5 Å². The summed E-state index contributed by atoms with van der Waals surface area (Å²) < 4.78 is 1.78. The lowest BCUT2D eigenvalue weighted by Gasteiger charge is -2.08. The molecule has 6 nitrogen and oxygen atoms in total. The SMILES string of the molecule is CNCc1ccc(-c2cc3c(-c4cnn(C)c4)n[nH]c3cn2)c(C)c1. The van der Waals surface area contributed by atoms with Gasteiger partial charge in [-0.05, 0) is 31.2 Å². The van der Waals surface area contributed by atoms with E-state index in [-0.39, 0.29) is 0 Å². The Hall–Kier alpha value is -2.99. The van der Waals surface area contributed by atoms with Gasteiger partial charge < -0.3 is 5.32 Å². The van der Waals surface area contributed by atoms with Crippen molar-refractivity contribution in [2.24, 2.45) is 7.05 Å². The molecule has 0 spiro atoms. The fraction of sp³-hybridized carbons (Fsp3) is 0.211. The Bertz CT molecular complexity index is 1040. The maximum atomic E-state index is 4.62. The van der Waals surface area contributed by atoms with Gasteiger partial charge >= 0.3 is 0 Å². The highest BCUT2D eigenvalue weighted by atomic mass is 15.2. The molecule has 3 aromatic heterocycles. The molecule has 0 bridgehead atoms. The lowest BCUT2D eigenvalue weighted by Crippen LogP contribution is -2.05. The van der Waals surface area contributed by atoms with Crippen LogP contribution in [0.3, 0.4) is 0 Å². The van der Waals surface area contributed by atoms with E-state index in [9.17, 15) is 0 Å². The lowest BCUT2D eigenvalue weighted by atomic mass is 10.0. The first-order valence-corrected chi connectivity index (χ1v) is 8.23. The summed E-state index contributed by atoms with van der Waals surface area (Å²) in [5.74, 6) is 0. The molecule has 6 heteroatoms. The Morgan fingerprint density at radius 1 is 1.20 bits per heavy atom. The van der Waals surface area contributed by atoms with Crippen molar-refractivity contribution < 1.29 is 0 Å². The van der Waals surface area contributed by atoms with Gasteiger partial charge in [0.15, 0.2) is 0 Å². The predicted molar refractivity (Wildman–Crippen MR) is 99.0 cm³/mol. The van der Waals surface area contributed by atoms with Crippen LogP contribution in [0.1, 0.15) is 11.1 Å². The Kier molecular flexibility index (Phi) is 3.82. The van der Waals surface area contributed by atoms with Crippen molar-refractivity contribution in [3.05, 3.63) is 54.0 Å². The zero-order valence-corrected chi connectivity index (χ0v) is 14.5. The summed E-state index contributed by atoms with van der Waals surface area (Å²) in [5.41, 5.74) is 7.39. The molecule has 0 fully saturated rings. The molecule has 0 unspecified atom stereocenters. The maximum Gasteiger partial charge on any atom is 0.103 e. The fourth-order valence-corrected chi connectivity index (χ4v) is 3.15. The molecule has 0 radical (unpaired) electrons. The van der Waals surface area contributed by atoms with Crippen molar-refractivity contribution in [3.8, 4) is 22.5 Å². The highest BCUT2D eigenvalue weighted by Gasteiger charge is 2.13. The van der Waals surface area contributed by atoms with E-state index in [2.05, 4.69) is 56.8 Å². The molecular formula is C19H20N6. The summed E-state index contributed by atoms with van der Waals surface area (Å²) in [4.78, 5) is 4.62. The zero-order valence-electron chi connectivity index (χ0n) is 14.5. The average Bonchev–Trinajstić information content (AvgIpc) is 3.20. The van der Waals surface area contributed by atoms with Gasteiger partial charge in [0.2, 0.25) is 0 Å². The number of aromatic nitrogens is 5. The molecule has 0 aliphatic carbocycles. The fourth-order valence-electron chi connectivity index (χ4n) is 3.15. The van der Waals surface area contributed by atoms with Gasteiger partial charge in [-0.3, -0.25) is 14.8 Å². The van der Waals surface area contributed by atoms with Gasteiger partial charge in [0.25, 0.3) is 0 Å². The van der Waals surface area contributed by atoms with Crippen LogP contribution in [0.4, 0.5) is 0 Å². The molecule has 1 aromatic carbocycles. The molecule has 0 amide bonds. The normalized spacial score (nSPS) is 11.3. The molecule has 25 heavy (non-hydrogen) atoms. The van der Waals surface area contributed by atoms with E-state index in [1.54, 1.807) is 4.68 Å². The van der Waals surface area contributed by atoms with Crippen molar-refractivity contribution in [1.29, 1.82) is 0 Å². The van der Waals surface area contributed by atoms with E-state index in [4.69, 9.17) is 0 Å². The van der Waals surface area contributed by atoms with Gasteiger partial charge in [-0.2, -0.15) is 10.2 Å². The second-order valence-electron chi connectivity index (χ2n) is 6.27. The standard InChI is InChI=1S/C19H20N6/c1-12-6-13(8-20-2)4-5-15(12)17-7-16-18(10-21-17)23-24-19(16)14-9-22-25(3)11-14/h4-7,9-11,20H,8H2,1-3H3,(H,23,24). The molecule has 4 aromatic rings. The Balaban J connectivity index is 1.81. The topological polar surface area (TPSA) is 71.4 Å². The van der Waals surface area contributed by atoms with Crippen molar-refractivity contribution >= 4 is 10.9 Å². The van der Waals surface area contributed by atoms with Gasteiger partial charge in [0, 0.05) is 36.3 Å². The molecule has 0 atom stereocenters. The number of fused-ring (bicyclic) bond motifs is 1. The highest BCUT2D eigenvalue weighted by Crippen LogP contribution is 2.30. The van der Waals surface area contributed by atoms with E-state index in [0.717, 1.165) is 40.0 Å². The number of hydrogen-bond donors (Lipinski definition) is 2. The number of pyridine rings is 1. The molecule has 0 saturated carbocycles. The molecule has 3 heterocycles. The number of aryl methyl sites for hydroxylation is 2. The maximum absolute atomic E-state index is 4.62. The number of nitrogens with zero attached hydrogens (tertiary/aromatic N) is 4. The van der Waals surface area contributed by atoms with Crippen LogP contribution in [0, 0.1) is 6.92 Å². The number of benzene rings is 1. The first kappa shape index (κ1) is 15.5. The third kappa shape index (κ3) is 2.81. The third-order valence-electron chi connectivity index (χ3n) is 4.37. The number of H-pyrrole nitrogens is 1. The molecule has 0 saturated heterocycles. The van der Waals surface area contributed by atoms with E-state index >= 15 is 0 Å². The first-order valence-electron chi connectivity index (χ1n) is 8.23. The van der Waals surface area contributed by atoms with Crippen LogP contribution in [0.25, 0.3) is 33.4 Å². The van der Waals surface area contributed by atoms with Gasteiger partial charge in [-0.15, -0.1) is 0 Å². The number of hydrogen-bond acceptors (Lipinski definition) is 4. The van der Waals surface area contributed by atoms with Gasteiger partial charge in [-0.25, -0.2) is 0 Å². The quantitative estimate of drug-likeness (QED) is 0.602. The highest BCUT2D eigenvalue weighted by molar-refractivity contribution is 5.94. The minimum Gasteiger partial charge on any atom is -0.316 e. The van der Waals surface area contributed by atoms with Crippen molar-refractivity contribution in [2.75, 3.05) is 7.05 Å². The summed E-state index contributed by atoms with van der Waals surface area (Å²) in [6.07, 6.45) is 5.64. The van der Waals surface area contributed by atoms with E-state index in [1.165, 1.54) is 11.1 Å². The second kappa shape index (κ2) is 6.14. The Morgan fingerprint density at radius 3 is 2.80 bits per heavy atom. The van der Waals surface area contributed by atoms with Gasteiger partial charge in [0.05, 0.1) is 23.6 Å². The average molecular weight is 332 g/mol. The molecule has 126 valence electrons. The van der Waals surface area contributed by atoms with Crippen molar-refractivity contribution in [3.63, 3.8) is 0 Å². The molecular weight excluding hydrogens is 312 g/mol. The van der Waals surface area contributed by atoms with Gasteiger partial charge in [0.1, 0.15) is 5.69 Å². The summed E-state index contributed by atoms with van der Waals surface area (Å²) in [6, 6.07) is 8.58. The van der Waals surface area contributed by atoms with E-state index < -0.39 is 0 Å². The second-order valence-corrected chi connectivity index (χ2v) is 6.27. The summed E-state index contributed by atoms with van der Waals surface area (Å²) in [7, 11) is 3.86. The van der Waals surface area contributed by atoms with E-state index in [1.807, 2.05) is 32.7 Å². The minimum atomic E-state index is 0.862. The Labute approximate surface area is 145 Å². The first-order chi connectivity index (χ1) is 12.2. The van der Waals surface area contributed by atoms with Crippen LogP contribution in [-0.2, 0) is 13.6 Å². The van der Waals surface area contributed by atoms with Crippen LogP contribution in [0.15, 0.2) is 42.9 Å². The molecule has 0 aliphatic rings. The van der Waals surface area contributed by atoms with Crippen LogP contribution in [0.2, 0.25) is 0 Å². The smallest absolute Gasteiger partial charge is 0.103 e. The van der Waals surface area contributed by atoms with Crippen LogP contribution < -0.4 is 5.32 Å². The van der Waals surface area contributed by atoms with Crippen LogP contribution in [-0.4, -0.2) is 32.0 Å². The number of rotatable bonds is 4. The largest absolute Gasteiger partial charge is 0.316 e. The Morgan fingerprint density at radius 2 is 2.08 bits per heavy atom. The molecule has 4 rings (SSSR count).